The lowest BCUT2D eigenvalue weighted by Crippen LogP contribution is -2.26. The second kappa shape index (κ2) is 7.57. The lowest BCUT2D eigenvalue weighted by molar-refractivity contribution is 0.187. The first-order chi connectivity index (χ1) is 12.1. The first kappa shape index (κ1) is 17.3. The molecule has 1 heterocycles. The maximum absolute atomic E-state index is 9.78. The Hall–Kier alpha value is -2.54. The fraction of sp³-hybridized carbons (Fsp3) is 0.263. The van der Waals surface area contributed by atoms with E-state index >= 15 is 0 Å². The van der Waals surface area contributed by atoms with Crippen LogP contribution in [0, 0.1) is 0 Å². The number of benzene rings is 2. The SMILES string of the molecule is CN(C)C[C@@H](Nc1ncnc2c(C(N)O)cccc12)c1ccccc1. The highest BCUT2D eigenvalue weighted by Gasteiger charge is 2.16. The molecule has 1 aromatic heterocycles. The monoisotopic (exact) mass is 337 g/mol. The summed E-state index contributed by atoms with van der Waals surface area (Å²) in [4.78, 5) is 10.8. The Morgan fingerprint density at radius 2 is 1.84 bits per heavy atom. The number of rotatable bonds is 6. The van der Waals surface area contributed by atoms with Crippen LogP contribution in [0.15, 0.2) is 54.9 Å². The third-order valence-electron chi connectivity index (χ3n) is 4.08. The number of aliphatic hydroxyl groups excluding tert-OH is 1. The van der Waals surface area contributed by atoms with E-state index in [1.165, 1.54) is 11.9 Å². The number of likely N-dealkylation sites (N-methyl/N-ethyl adjacent to an activating group) is 1. The van der Waals surface area contributed by atoms with Crippen LogP contribution in [0.1, 0.15) is 23.4 Å². The Morgan fingerprint density at radius 3 is 2.52 bits per heavy atom. The van der Waals surface area contributed by atoms with Crippen LogP contribution in [-0.2, 0) is 0 Å². The highest BCUT2D eigenvalue weighted by Crippen LogP contribution is 2.27. The minimum absolute atomic E-state index is 0.0701. The largest absolute Gasteiger partial charge is 0.374 e. The van der Waals surface area contributed by atoms with E-state index in [9.17, 15) is 5.11 Å². The third-order valence-corrected chi connectivity index (χ3v) is 4.08. The number of hydrogen-bond acceptors (Lipinski definition) is 6. The number of nitrogens with zero attached hydrogens (tertiary/aromatic N) is 3. The van der Waals surface area contributed by atoms with Gasteiger partial charge in [0.25, 0.3) is 0 Å². The van der Waals surface area contributed by atoms with Crippen LogP contribution in [0.3, 0.4) is 0 Å². The van der Waals surface area contributed by atoms with Crippen LogP contribution in [0.2, 0.25) is 0 Å². The van der Waals surface area contributed by atoms with Crippen molar-refractivity contribution in [3.8, 4) is 0 Å². The van der Waals surface area contributed by atoms with Crippen molar-refractivity contribution in [2.24, 2.45) is 5.73 Å². The van der Waals surface area contributed by atoms with Gasteiger partial charge in [0.05, 0.1) is 11.6 Å². The zero-order chi connectivity index (χ0) is 17.8. The van der Waals surface area contributed by atoms with Gasteiger partial charge in [-0.3, -0.25) is 0 Å². The van der Waals surface area contributed by atoms with E-state index in [0.717, 1.165) is 17.7 Å². The van der Waals surface area contributed by atoms with Crippen LogP contribution in [0.5, 0.6) is 0 Å². The highest BCUT2D eigenvalue weighted by atomic mass is 16.3. The number of aromatic nitrogens is 2. The molecule has 0 aliphatic rings. The minimum atomic E-state index is -1.07. The molecule has 6 heteroatoms. The Morgan fingerprint density at radius 1 is 1.08 bits per heavy atom. The third kappa shape index (κ3) is 3.93. The Bertz CT molecular complexity index is 836. The van der Waals surface area contributed by atoms with Gasteiger partial charge in [-0.1, -0.05) is 42.5 Å². The summed E-state index contributed by atoms with van der Waals surface area (Å²) in [7, 11) is 4.08. The molecule has 3 rings (SSSR count). The minimum Gasteiger partial charge on any atom is -0.374 e. The van der Waals surface area contributed by atoms with Crippen LogP contribution >= 0.6 is 0 Å². The van der Waals surface area contributed by atoms with Gasteiger partial charge in [-0.2, -0.15) is 0 Å². The van der Waals surface area contributed by atoms with E-state index in [-0.39, 0.29) is 6.04 Å². The van der Waals surface area contributed by atoms with Crippen LogP contribution in [0.4, 0.5) is 5.82 Å². The molecule has 25 heavy (non-hydrogen) atoms. The molecular formula is C19H23N5O. The summed E-state index contributed by atoms with van der Waals surface area (Å²) in [5, 5.41) is 14.1. The molecule has 4 N–H and O–H groups in total. The van der Waals surface area contributed by atoms with Crippen molar-refractivity contribution >= 4 is 16.7 Å². The number of hydrogen-bond donors (Lipinski definition) is 3. The fourth-order valence-electron chi connectivity index (χ4n) is 2.91. The zero-order valence-corrected chi connectivity index (χ0v) is 14.4. The predicted octanol–water partition coefficient (Wildman–Crippen LogP) is 2.29. The molecule has 3 aromatic rings. The Kier molecular flexibility index (Phi) is 5.23. The molecule has 0 radical (unpaired) electrons. The van der Waals surface area contributed by atoms with Crippen molar-refractivity contribution in [1.82, 2.24) is 14.9 Å². The lowest BCUT2D eigenvalue weighted by Gasteiger charge is -2.24. The number of fused-ring (bicyclic) bond motifs is 1. The first-order valence-corrected chi connectivity index (χ1v) is 8.19. The van der Waals surface area contributed by atoms with Crippen molar-refractivity contribution < 1.29 is 5.11 Å². The number of nitrogens with one attached hydrogen (secondary N) is 1. The standard InChI is InChI=1S/C19H23N5O/c1-24(2)11-16(13-7-4-3-5-8-13)23-19-15-10-6-9-14(18(20)25)17(15)21-12-22-19/h3-10,12,16,18,25H,11,20H2,1-2H3,(H,21,22,23)/t16-,18?/m1/s1. The molecule has 0 saturated heterocycles. The van der Waals surface area contributed by atoms with Gasteiger partial charge in [0.2, 0.25) is 0 Å². The summed E-state index contributed by atoms with van der Waals surface area (Å²) >= 11 is 0. The van der Waals surface area contributed by atoms with Gasteiger partial charge in [0, 0.05) is 17.5 Å². The molecule has 0 saturated carbocycles. The molecule has 2 atom stereocenters. The molecule has 6 nitrogen and oxygen atoms in total. The van der Waals surface area contributed by atoms with Gasteiger partial charge in [0.15, 0.2) is 0 Å². The summed E-state index contributed by atoms with van der Waals surface area (Å²) in [6, 6.07) is 15.9. The van der Waals surface area contributed by atoms with E-state index in [0.29, 0.717) is 11.1 Å². The Labute approximate surface area is 147 Å². The summed E-state index contributed by atoms with van der Waals surface area (Å²) in [6.45, 7) is 0.814. The van der Waals surface area contributed by atoms with E-state index in [4.69, 9.17) is 5.73 Å². The van der Waals surface area contributed by atoms with Gasteiger partial charge in [-0.15, -0.1) is 0 Å². The summed E-state index contributed by atoms with van der Waals surface area (Å²) < 4.78 is 0. The lowest BCUT2D eigenvalue weighted by atomic mass is 10.1. The number of aliphatic hydroxyl groups is 1. The Balaban J connectivity index is 2.01. The average molecular weight is 337 g/mol. The van der Waals surface area contributed by atoms with Gasteiger partial charge in [0.1, 0.15) is 18.4 Å². The average Bonchev–Trinajstić information content (AvgIpc) is 2.61. The van der Waals surface area contributed by atoms with Gasteiger partial charge in [-0.25, -0.2) is 9.97 Å². The smallest absolute Gasteiger partial charge is 0.137 e. The van der Waals surface area contributed by atoms with E-state index in [2.05, 4.69) is 32.3 Å². The number of para-hydroxylation sites is 1. The predicted molar refractivity (Wildman–Crippen MR) is 100 cm³/mol. The van der Waals surface area contributed by atoms with Gasteiger partial charge < -0.3 is 21.1 Å². The van der Waals surface area contributed by atoms with Gasteiger partial charge >= 0.3 is 0 Å². The van der Waals surface area contributed by atoms with Crippen LogP contribution in [-0.4, -0.2) is 40.6 Å². The van der Waals surface area contributed by atoms with Gasteiger partial charge in [-0.05, 0) is 25.7 Å². The number of nitrogens with two attached hydrogens (primary N) is 1. The second-order valence-corrected chi connectivity index (χ2v) is 6.28. The maximum atomic E-state index is 9.78. The second-order valence-electron chi connectivity index (χ2n) is 6.28. The molecule has 2 aromatic carbocycles. The van der Waals surface area contributed by atoms with Crippen molar-refractivity contribution in [2.45, 2.75) is 12.3 Å². The first-order valence-electron chi connectivity index (χ1n) is 8.19. The van der Waals surface area contributed by atoms with Crippen molar-refractivity contribution in [1.29, 1.82) is 0 Å². The molecule has 0 fully saturated rings. The van der Waals surface area contributed by atoms with E-state index in [1.807, 2.05) is 44.4 Å². The van der Waals surface area contributed by atoms with Crippen molar-refractivity contribution in [3.63, 3.8) is 0 Å². The molecule has 1 unspecified atom stereocenters. The maximum Gasteiger partial charge on any atom is 0.137 e. The topological polar surface area (TPSA) is 87.3 Å². The molecule has 0 spiro atoms. The number of anilines is 1. The highest BCUT2D eigenvalue weighted by molar-refractivity contribution is 5.91. The normalized spacial score (nSPS) is 13.8. The molecule has 0 aliphatic carbocycles. The van der Waals surface area contributed by atoms with E-state index in [1.54, 1.807) is 6.07 Å². The van der Waals surface area contributed by atoms with Crippen molar-refractivity contribution in [2.75, 3.05) is 26.0 Å². The summed E-state index contributed by atoms with van der Waals surface area (Å²) in [5.41, 5.74) is 8.08. The molecular weight excluding hydrogens is 314 g/mol. The van der Waals surface area contributed by atoms with E-state index < -0.39 is 6.23 Å². The zero-order valence-electron chi connectivity index (χ0n) is 14.4. The molecule has 130 valence electrons. The van der Waals surface area contributed by atoms with Crippen LogP contribution < -0.4 is 11.1 Å². The molecule has 0 bridgehead atoms. The quantitative estimate of drug-likeness (QED) is 0.598. The summed E-state index contributed by atoms with van der Waals surface area (Å²) in [6.07, 6.45) is 0.423. The van der Waals surface area contributed by atoms with Crippen LogP contribution in [0.25, 0.3) is 10.9 Å². The molecule has 0 amide bonds. The summed E-state index contributed by atoms with van der Waals surface area (Å²) in [5.74, 6) is 0.725. The molecule has 0 aliphatic heterocycles. The fourth-order valence-corrected chi connectivity index (χ4v) is 2.91. The van der Waals surface area contributed by atoms with Crippen molar-refractivity contribution in [3.05, 3.63) is 66.0 Å².